The number of rotatable bonds is 5. The molecule has 1 amide bonds. The number of hydrogen-bond acceptors (Lipinski definition) is 6. The molecule has 2 aromatic rings. The van der Waals surface area contributed by atoms with Crippen molar-refractivity contribution in [2.24, 2.45) is 5.16 Å². The van der Waals surface area contributed by atoms with E-state index in [-0.39, 0.29) is 5.69 Å². The molecule has 0 saturated carbocycles. The molecule has 1 N–H and O–H groups in total. The van der Waals surface area contributed by atoms with Gasteiger partial charge in [0.05, 0.1) is 20.5 Å². The van der Waals surface area contributed by atoms with Crippen LogP contribution in [0.3, 0.4) is 0 Å². The summed E-state index contributed by atoms with van der Waals surface area (Å²) in [7, 11) is 1.16. The van der Waals surface area contributed by atoms with Crippen LogP contribution in [0, 0.1) is 10.1 Å². The highest BCUT2D eigenvalue weighted by molar-refractivity contribution is 6.38. The molecule has 0 atom stereocenters. The molecule has 0 fully saturated rings. The Balaban J connectivity index is 2.61. The normalized spacial score (nSPS) is 11.6. The van der Waals surface area contributed by atoms with Gasteiger partial charge in [-0.1, -0.05) is 28.4 Å². The summed E-state index contributed by atoms with van der Waals surface area (Å²) in [6.07, 6.45) is -3.26. The van der Waals surface area contributed by atoms with Gasteiger partial charge in [0, 0.05) is 0 Å². The van der Waals surface area contributed by atoms with E-state index in [0.717, 1.165) is 18.0 Å². The van der Waals surface area contributed by atoms with Crippen LogP contribution < -0.4 is 5.32 Å². The zero-order chi connectivity index (χ0) is 20.4. The zero-order valence-electron chi connectivity index (χ0n) is 13.1. The number of aromatic nitrogens is 2. The van der Waals surface area contributed by atoms with Gasteiger partial charge in [0.25, 0.3) is 5.91 Å². The summed E-state index contributed by atoms with van der Waals surface area (Å²) in [6, 6.07) is 1.16. The minimum absolute atomic E-state index is 0.293. The van der Waals surface area contributed by atoms with E-state index in [2.05, 4.69) is 20.4 Å². The fraction of sp³-hybridized carbons (Fsp3) is 0.154. The zero-order valence-corrected chi connectivity index (χ0v) is 14.6. The molecule has 1 aromatic heterocycles. The molecule has 1 heterocycles. The number of carbonyl (C=O) groups excluding carboxylic acids is 1. The van der Waals surface area contributed by atoms with E-state index in [1.165, 1.54) is 0 Å². The molecule has 144 valence electrons. The lowest BCUT2D eigenvalue weighted by molar-refractivity contribution is -0.384. The van der Waals surface area contributed by atoms with E-state index in [4.69, 9.17) is 23.2 Å². The number of halogens is 5. The molecule has 0 radical (unpaired) electrons. The highest BCUT2D eigenvalue weighted by Gasteiger charge is 2.33. The van der Waals surface area contributed by atoms with Gasteiger partial charge in [-0.2, -0.15) is 18.3 Å². The molecule has 27 heavy (non-hydrogen) atoms. The number of anilines is 1. The molecule has 14 heteroatoms. The Morgan fingerprint density at radius 3 is 2.48 bits per heavy atom. The second-order valence-corrected chi connectivity index (χ2v) is 5.55. The maximum atomic E-state index is 12.8. The van der Waals surface area contributed by atoms with Crippen molar-refractivity contribution in [3.05, 3.63) is 44.1 Å². The van der Waals surface area contributed by atoms with E-state index in [9.17, 15) is 28.1 Å². The van der Waals surface area contributed by atoms with Crippen molar-refractivity contribution < 1.29 is 27.7 Å². The van der Waals surface area contributed by atoms with E-state index in [1.54, 1.807) is 0 Å². The Morgan fingerprint density at radius 2 is 2.00 bits per heavy atom. The molecule has 0 unspecified atom stereocenters. The van der Waals surface area contributed by atoms with Crippen LogP contribution in [0.2, 0.25) is 10.0 Å². The Bertz CT molecular complexity index is 906. The standard InChI is InChI=1S/C13H8Cl2F3N5O4/c1-27-20-5-10(24)21-12-9(23(25)26)4-19-22(12)11-7(14)2-6(3-8(11)15)13(16,17)18/h2-5H,1H3,(H,21,24)/b20-5+. The molecule has 0 aliphatic carbocycles. The molecule has 9 nitrogen and oxygen atoms in total. The molecule has 0 bridgehead atoms. The topological polar surface area (TPSA) is 112 Å². The summed E-state index contributed by atoms with van der Waals surface area (Å²) in [4.78, 5) is 26.4. The Kier molecular flexibility index (Phi) is 5.91. The fourth-order valence-electron chi connectivity index (χ4n) is 1.94. The molecular formula is C13H8Cl2F3N5O4. The van der Waals surface area contributed by atoms with Gasteiger partial charge in [0.15, 0.2) is 0 Å². The van der Waals surface area contributed by atoms with Crippen LogP contribution in [0.1, 0.15) is 5.56 Å². The smallest absolute Gasteiger partial charge is 0.399 e. The first-order valence-electron chi connectivity index (χ1n) is 6.72. The molecular weight excluding hydrogens is 418 g/mol. The van der Waals surface area contributed by atoms with Crippen LogP contribution in [0.15, 0.2) is 23.5 Å². The highest BCUT2D eigenvalue weighted by atomic mass is 35.5. The van der Waals surface area contributed by atoms with Crippen LogP contribution in [-0.4, -0.2) is 33.9 Å². The van der Waals surface area contributed by atoms with Gasteiger partial charge < -0.3 is 4.84 Å². The summed E-state index contributed by atoms with van der Waals surface area (Å²) in [5.74, 6) is -1.42. The largest absolute Gasteiger partial charge is 0.416 e. The molecule has 2 rings (SSSR count). The van der Waals surface area contributed by atoms with Gasteiger partial charge in [0.2, 0.25) is 5.82 Å². The van der Waals surface area contributed by atoms with Gasteiger partial charge >= 0.3 is 11.9 Å². The number of carbonyl (C=O) groups is 1. The monoisotopic (exact) mass is 425 g/mol. The fourth-order valence-corrected chi connectivity index (χ4v) is 2.59. The summed E-state index contributed by atoms with van der Waals surface area (Å²) >= 11 is 11.8. The number of oxime groups is 1. The quantitative estimate of drug-likeness (QED) is 0.446. The third-order valence-electron chi connectivity index (χ3n) is 3.02. The average Bonchev–Trinajstić information content (AvgIpc) is 2.95. The van der Waals surface area contributed by atoms with Crippen LogP contribution in [0.4, 0.5) is 24.7 Å². The van der Waals surface area contributed by atoms with E-state index in [0.29, 0.717) is 18.3 Å². The average molecular weight is 426 g/mol. The van der Waals surface area contributed by atoms with E-state index < -0.39 is 44.1 Å². The predicted octanol–water partition coefficient (Wildman–Crippen LogP) is 3.68. The summed E-state index contributed by atoms with van der Waals surface area (Å²) in [5.41, 5.74) is -2.07. The molecule has 0 aliphatic heterocycles. The van der Waals surface area contributed by atoms with Crippen molar-refractivity contribution in [2.45, 2.75) is 6.18 Å². The first kappa shape index (κ1) is 20.5. The number of hydrogen-bond donors (Lipinski definition) is 1. The van der Waals surface area contributed by atoms with Gasteiger partial charge in [-0.25, -0.2) is 4.68 Å². The van der Waals surface area contributed by atoms with Crippen molar-refractivity contribution >= 4 is 46.8 Å². The molecule has 0 spiro atoms. The number of nitrogens with zero attached hydrogens (tertiary/aromatic N) is 4. The van der Waals surface area contributed by atoms with Gasteiger partial charge in [-0.05, 0) is 12.1 Å². The van der Waals surface area contributed by atoms with Crippen molar-refractivity contribution in [2.75, 3.05) is 12.4 Å². The van der Waals surface area contributed by atoms with Crippen molar-refractivity contribution in [3.63, 3.8) is 0 Å². The van der Waals surface area contributed by atoms with Gasteiger partial charge in [-0.15, -0.1) is 0 Å². The second kappa shape index (κ2) is 7.80. The number of benzene rings is 1. The first-order valence-corrected chi connectivity index (χ1v) is 7.48. The lowest BCUT2D eigenvalue weighted by atomic mass is 10.2. The predicted molar refractivity (Wildman–Crippen MR) is 89.4 cm³/mol. The van der Waals surface area contributed by atoms with Crippen LogP contribution in [0.25, 0.3) is 5.69 Å². The Hall–Kier alpha value is -2.86. The van der Waals surface area contributed by atoms with Gasteiger partial charge in [0.1, 0.15) is 25.2 Å². The lowest BCUT2D eigenvalue weighted by Crippen LogP contribution is -2.17. The molecule has 0 aliphatic rings. The van der Waals surface area contributed by atoms with Crippen LogP contribution in [-0.2, 0) is 15.8 Å². The summed E-state index contributed by atoms with van der Waals surface area (Å²) in [5, 5.41) is 19.2. The first-order chi connectivity index (χ1) is 12.6. The number of nitro groups is 1. The number of nitrogens with one attached hydrogen (secondary N) is 1. The summed E-state index contributed by atoms with van der Waals surface area (Å²) < 4.78 is 39.3. The molecule has 0 saturated heterocycles. The second-order valence-electron chi connectivity index (χ2n) is 4.74. The third kappa shape index (κ3) is 4.46. The number of alkyl halides is 3. The van der Waals surface area contributed by atoms with Crippen molar-refractivity contribution in [1.82, 2.24) is 9.78 Å². The summed E-state index contributed by atoms with van der Waals surface area (Å²) in [6.45, 7) is 0. The van der Waals surface area contributed by atoms with Crippen LogP contribution in [0.5, 0.6) is 0 Å². The van der Waals surface area contributed by atoms with Crippen LogP contribution >= 0.6 is 23.2 Å². The molecule has 1 aromatic carbocycles. The lowest BCUT2D eigenvalue weighted by Gasteiger charge is -2.14. The maximum absolute atomic E-state index is 12.8. The highest BCUT2D eigenvalue weighted by Crippen LogP contribution is 2.39. The minimum atomic E-state index is -4.71. The van der Waals surface area contributed by atoms with Gasteiger partial charge in [-0.3, -0.25) is 20.2 Å². The Labute approximate surface area is 158 Å². The minimum Gasteiger partial charge on any atom is -0.399 e. The number of amides is 1. The SMILES string of the molecule is CO/N=C/C(=O)Nc1c([N+](=O)[O-])cnn1-c1c(Cl)cc(C(F)(F)F)cc1Cl. The van der Waals surface area contributed by atoms with E-state index >= 15 is 0 Å². The third-order valence-corrected chi connectivity index (χ3v) is 3.60. The maximum Gasteiger partial charge on any atom is 0.416 e. The van der Waals surface area contributed by atoms with E-state index in [1.807, 2.05) is 0 Å². The van der Waals surface area contributed by atoms with Crippen molar-refractivity contribution in [3.8, 4) is 5.69 Å². The van der Waals surface area contributed by atoms with Crippen molar-refractivity contribution in [1.29, 1.82) is 0 Å². The Morgan fingerprint density at radius 1 is 1.41 bits per heavy atom.